The summed E-state index contributed by atoms with van der Waals surface area (Å²) in [5.41, 5.74) is 1.32. The highest BCUT2D eigenvalue weighted by molar-refractivity contribution is 14.1. The number of hydrogen-bond acceptors (Lipinski definition) is 6. The minimum Gasteiger partial charge on any atom is -0.394 e. The number of aliphatic hydroxyl groups excluding tert-OH is 1. The maximum atomic E-state index is 9.00. The van der Waals surface area contributed by atoms with Crippen LogP contribution >= 0.6 is 22.6 Å². The maximum Gasteiger partial charge on any atom is 0.225 e. The van der Waals surface area contributed by atoms with Crippen LogP contribution in [-0.4, -0.2) is 43.8 Å². The number of aromatic nitrogens is 4. The van der Waals surface area contributed by atoms with Gasteiger partial charge in [0.25, 0.3) is 0 Å². The molecule has 1 fully saturated rings. The smallest absolute Gasteiger partial charge is 0.225 e. The van der Waals surface area contributed by atoms with E-state index in [0.717, 1.165) is 16.5 Å². The lowest BCUT2D eigenvalue weighted by atomic mass is 10.2. The zero-order chi connectivity index (χ0) is 12.5. The summed E-state index contributed by atoms with van der Waals surface area (Å²) in [5.74, 6) is 0. The average Bonchev–Trinajstić information content (AvgIpc) is 2.98. The van der Waals surface area contributed by atoms with Crippen LogP contribution in [0.4, 0.5) is 0 Å². The van der Waals surface area contributed by atoms with E-state index in [4.69, 9.17) is 14.7 Å². The Hall–Kier alpha value is -1.00. The van der Waals surface area contributed by atoms with E-state index in [1.807, 2.05) is 0 Å². The average molecular weight is 362 g/mol. The Morgan fingerprint density at radius 3 is 3.11 bits per heavy atom. The number of hydrogen-bond donors (Lipinski definition) is 1. The van der Waals surface area contributed by atoms with Gasteiger partial charge in [-0.3, -0.25) is 0 Å². The van der Waals surface area contributed by atoms with Gasteiger partial charge in [0.2, 0.25) is 6.29 Å². The summed E-state index contributed by atoms with van der Waals surface area (Å²) in [6.45, 7) is 0.0185. The number of rotatable bonds is 3. The van der Waals surface area contributed by atoms with Crippen LogP contribution < -0.4 is 4.84 Å². The molecule has 2 atom stereocenters. The standard InChI is InChI=1S/C10H11IN4O3/c11-9-8-10(13-4-12-9)15(5-14-8)18-7-2-1-6(3-16)17-7/h4-7,16H,1-3H2/t6-,7+/m0/s1. The summed E-state index contributed by atoms with van der Waals surface area (Å²) >= 11 is 2.10. The molecule has 0 aromatic carbocycles. The van der Waals surface area contributed by atoms with Crippen molar-refractivity contribution < 1.29 is 14.7 Å². The molecule has 0 aliphatic carbocycles. The highest BCUT2D eigenvalue weighted by Gasteiger charge is 2.27. The molecule has 1 saturated heterocycles. The first kappa shape index (κ1) is 12.1. The highest BCUT2D eigenvalue weighted by Crippen LogP contribution is 2.20. The predicted octanol–water partition coefficient (Wildman–Crippen LogP) is 0.357. The Morgan fingerprint density at radius 1 is 1.44 bits per heavy atom. The van der Waals surface area contributed by atoms with Crippen molar-refractivity contribution in [2.45, 2.75) is 25.2 Å². The third-order valence-corrected chi connectivity index (χ3v) is 3.55. The molecule has 3 heterocycles. The Bertz CT molecular complexity index is 561. The number of aliphatic hydroxyl groups is 1. The van der Waals surface area contributed by atoms with Crippen LogP contribution in [-0.2, 0) is 4.74 Å². The van der Waals surface area contributed by atoms with E-state index in [9.17, 15) is 0 Å². The van der Waals surface area contributed by atoms with E-state index in [-0.39, 0.29) is 19.0 Å². The predicted molar refractivity (Wildman–Crippen MR) is 69.6 cm³/mol. The minimum absolute atomic E-state index is 0.0185. The molecular formula is C10H11IN4O3. The molecule has 2 aromatic rings. The number of fused-ring (bicyclic) bond motifs is 1. The van der Waals surface area contributed by atoms with Gasteiger partial charge in [0.1, 0.15) is 21.9 Å². The van der Waals surface area contributed by atoms with Crippen LogP contribution in [0.1, 0.15) is 12.8 Å². The second kappa shape index (κ2) is 4.94. The molecule has 0 bridgehead atoms. The third kappa shape index (κ3) is 2.15. The zero-order valence-electron chi connectivity index (χ0n) is 9.36. The Morgan fingerprint density at radius 2 is 2.33 bits per heavy atom. The van der Waals surface area contributed by atoms with Gasteiger partial charge in [0.15, 0.2) is 5.65 Å². The second-order valence-electron chi connectivity index (χ2n) is 3.96. The lowest BCUT2D eigenvalue weighted by Gasteiger charge is -2.14. The molecule has 0 spiro atoms. The van der Waals surface area contributed by atoms with Gasteiger partial charge in [-0.1, -0.05) is 0 Å². The molecule has 18 heavy (non-hydrogen) atoms. The summed E-state index contributed by atoms with van der Waals surface area (Å²) < 4.78 is 7.76. The van der Waals surface area contributed by atoms with Gasteiger partial charge in [0.05, 0.1) is 12.7 Å². The fourth-order valence-corrected chi connectivity index (χ4v) is 2.38. The first-order valence-electron chi connectivity index (χ1n) is 5.55. The van der Waals surface area contributed by atoms with Crippen LogP contribution in [0, 0.1) is 3.70 Å². The van der Waals surface area contributed by atoms with E-state index in [2.05, 4.69) is 37.5 Å². The quantitative estimate of drug-likeness (QED) is 0.627. The Labute approximate surface area is 116 Å². The van der Waals surface area contributed by atoms with E-state index < -0.39 is 0 Å². The first-order valence-corrected chi connectivity index (χ1v) is 6.63. The van der Waals surface area contributed by atoms with Gasteiger partial charge in [0, 0.05) is 6.42 Å². The van der Waals surface area contributed by atoms with Gasteiger partial charge < -0.3 is 14.7 Å². The second-order valence-corrected chi connectivity index (χ2v) is 4.98. The molecule has 3 rings (SSSR count). The molecule has 1 aliphatic rings. The van der Waals surface area contributed by atoms with Crippen LogP contribution in [0.5, 0.6) is 0 Å². The molecule has 7 nitrogen and oxygen atoms in total. The molecule has 1 aliphatic heterocycles. The van der Waals surface area contributed by atoms with Crippen molar-refractivity contribution in [1.29, 1.82) is 0 Å². The van der Waals surface area contributed by atoms with Gasteiger partial charge in [-0.15, -0.1) is 4.73 Å². The molecule has 0 amide bonds. The molecule has 8 heteroatoms. The molecule has 2 aromatic heterocycles. The fourth-order valence-electron chi connectivity index (χ4n) is 1.87. The van der Waals surface area contributed by atoms with E-state index >= 15 is 0 Å². The largest absolute Gasteiger partial charge is 0.394 e. The van der Waals surface area contributed by atoms with Crippen molar-refractivity contribution >= 4 is 33.8 Å². The van der Waals surface area contributed by atoms with Crippen molar-refractivity contribution in [1.82, 2.24) is 19.7 Å². The molecule has 0 saturated carbocycles. The van der Waals surface area contributed by atoms with Gasteiger partial charge >= 0.3 is 0 Å². The van der Waals surface area contributed by atoms with Gasteiger partial charge in [-0.05, 0) is 29.0 Å². The fraction of sp³-hybridized carbons (Fsp3) is 0.500. The number of ether oxygens (including phenoxy) is 1. The summed E-state index contributed by atoms with van der Waals surface area (Å²) in [6, 6.07) is 0. The number of halogens is 1. The van der Waals surface area contributed by atoms with Crippen molar-refractivity contribution in [2.24, 2.45) is 0 Å². The van der Waals surface area contributed by atoms with Crippen molar-refractivity contribution in [2.75, 3.05) is 6.61 Å². The van der Waals surface area contributed by atoms with E-state index in [1.165, 1.54) is 11.1 Å². The topological polar surface area (TPSA) is 82.3 Å². The molecule has 96 valence electrons. The summed E-state index contributed by atoms with van der Waals surface area (Å²) in [7, 11) is 0. The minimum atomic E-state index is -0.368. The molecule has 0 radical (unpaired) electrons. The van der Waals surface area contributed by atoms with Gasteiger partial charge in [-0.25, -0.2) is 15.0 Å². The van der Waals surface area contributed by atoms with Gasteiger partial charge in [-0.2, -0.15) is 0 Å². The normalized spacial score (nSPS) is 23.7. The van der Waals surface area contributed by atoms with Crippen LogP contribution in [0.25, 0.3) is 11.2 Å². The zero-order valence-corrected chi connectivity index (χ0v) is 11.5. The highest BCUT2D eigenvalue weighted by atomic mass is 127. The van der Waals surface area contributed by atoms with E-state index in [1.54, 1.807) is 6.33 Å². The lowest BCUT2D eigenvalue weighted by Crippen LogP contribution is -2.26. The lowest BCUT2D eigenvalue weighted by molar-refractivity contribution is -0.140. The van der Waals surface area contributed by atoms with Crippen molar-refractivity contribution in [3.63, 3.8) is 0 Å². The molecule has 0 unspecified atom stereocenters. The summed E-state index contributed by atoms with van der Waals surface area (Å²) in [4.78, 5) is 18.0. The number of nitrogens with zero attached hydrogens (tertiary/aromatic N) is 4. The maximum absolute atomic E-state index is 9.00. The first-order chi connectivity index (χ1) is 8.78. The Kier molecular flexibility index (Phi) is 3.31. The van der Waals surface area contributed by atoms with Crippen LogP contribution in [0.2, 0.25) is 0 Å². The number of imidazole rings is 1. The third-order valence-electron chi connectivity index (χ3n) is 2.76. The van der Waals surface area contributed by atoms with Crippen molar-refractivity contribution in [3.05, 3.63) is 16.4 Å². The molecular weight excluding hydrogens is 351 g/mol. The van der Waals surface area contributed by atoms with Crippen LogP contribution in [0.15, 0.2) is 12.7 Å². The summed E-state index contributed by atoms with van der Waals surface area (Å²) in [6.07, 6.45) is 4.05. The monoisotopic (exact) mass is 362 g/mol. The van der Waals surface area contributed by atoms with E-state index in [0.29, 0.717) is 11.2 Å². The SMILES string of the molecule is OC[C@@H]1CC[C@@H](On2cnc3c(I)ncnc32)O1. The summed E-state index contributed by atoms with van der Waals surface area (Å²) in [5, 5.41) is 9.00. The van der Waals surface area contributed by atoms with Crippen molar-refractivity contribution in [3.8, 4) is 0 Å². The molecule has 1 N–H and O–H groups in total. The Balaban J connectivity index is 1.81. The van der Waals surface area contributed by atoms with Crippen LogP contribution in [0.3, 0.4) is 0 Å².